The number of hydrogen-bond acceptors (Lipinski definition) is 2. The van der Waals surface area contributed by atoms with Gasteiger partial charge >= 0.3 is 0 Å². The highest BCUT2D eigenvalue weighted by molar-refractivity contribution is 7.80. The molecule has 1 fully saturated rings. The van der Waals surface area contributed by atoms with Crippen molar-refractivity contribution < 1.29 is 4.74 Å². The molecule has 80 valence electrons. The van der Waals surface area contributed by atoms with Gasteiger partial charge in [0.1, 0.15) is 4.99 Å². The summed E-state index contributed by atoms with van der Waals surface area (Å²) in [5.41, 5.74) is 7.63. The van der Waals surface area contributed by atoms with Crippen LogP contribution in [-0.4, -0.2) is 11.1 Å². The van der Waals surface area contributed by atoms with Crippen molar-refractivity contribution in [2.45, 2.75) is 32.0 Å². The number of ether oxygens (including phenoxy) is 1. The lowest BCUT2D eigenvalue weighted by molar-refractivity contribution is -0.00866. The van der Waals surface area contributed by atoms with Gasteiger partial charge in [-0.1, -0.05) is 30.4 Å². The van der Waals surface area contributed by atoms with Crippen LogP contribution in [0.25, 0.3) is 0 Å². The van der Waals surface area contributed by atoms with Crippen LogP contribution in [0.1, 0.15) is 30.4 Å². The maximum absolute atomic E-state index is 5.71. The van der Waals surface area contributed by atoms with Crippen LogP contribution in [0, 0.1) is 0 Å². The highest BCUT2D eigenvalue weighted by Crippen LogP contribution is 2.23. The molecule has 2 rings (SSSR count). The van der Waals surface area contributed by atoms with Crippen molar-refractivity contribution in [3.63, 3.8) is 0 Å². The minimum atomic E-state index is 0.445. The van der Waals surface area contributed by atoms with Gasteiger partial charge in [-0.05, 0) is 30.9 Å². The van der Waals surface area contributed by atoms with Crippen molar-refractivity contribution >= 4 is 17.2 Å². The van der Waals surface area contributed by atoms with Gasteiger partial charge in [-0.25, -0.2) is 0 Å². The van der Waals surface area contributed by atoms with E-state index < -0.39 is 0 Å². The molecule has 1 aliphatic rings. The van der Waals surface area contributed by atoms with E-state index in [1.165, 1.54) is 19.3 Å². The van der Waals surface area contributed by atoms with Crippen molar-refractivity contribution in [3.05, 3.63) is 35.4 Å². The summed E-state index contributed by atoms with van der Waals surface area (Å²) >= 11 is 4.93. The van der Waals surface area contributed by atoms with E-state index in [0.717, 1.165) is 11.1 Å². The number of hydrogen-bond donors (Lipinski definition) is 1. The predicted octanol–water partition coefficient (Wildman–Crippen LogP) is 2.39. The molecule has 0 saturated heterocycles. The summed E-state index contributed by atoms with van der Waals surface area (Å²) in [4.78, 5) is 0.445. The average molecular weight is 221 g/mol. The van der Waals surface area contributed by atoms with Crippen LogP contribution in [0.4, 0.5) is 0 Å². The molecule has 0 aromatic heterocycles. The third-order valence-corrected chi connectivity index (χ3v) is 2.99. The van der Waals surface area contributed by atoms with Crippen molar-refractivity contribution in [3.8, 4) is 0 Å². The largest absolute Gasteiger partial charge is 0.389 e. The van der Waals surface area contributed by atoms with Crippen molar-refractivity contribution in [1.82, 2.24) is 0 Å². The quantitative estimate of drug-likeness (QED) is 0.793. The van der Waals surface area contributed by atoms with Crippen molar-refractivity contribution in [2.24, 2.45) is 5.73 Å². The second-order valence-corrected chi connectivity index (χ2v) is 4.37. The SMILES string of the molecule is NC(=S)c1cccc(COC2CCC2)c1. The molecule has 3 heteroatoms. The Bertz CT molecular complexity index is 360. The number of rotatable bonds is 4. The van der Waals surface area contributed by atoms with Gasteiger partial charge in [-0.2, -0.15) is 0 Å². The molecule has 2 nitrogen and oxygen atoms in total. The van der Waals surface area contributed by atoms with E-state index in [4.69, 9.17) is 22.7 Å². The topological polar surface area (TPSA) is 35.2 Å². The van der Waals surface area contributed by atoms with Gasteiger partial charge in [0.2, 0.25) is 0 Å². The zero-order valence-corrected chi connectivity index (χ0v) is 9.43. The van der Waals surface area contributed by atoms with Gasteiger partial charge in [0, 0.05) is 5.56 Å². The van der Waals surface area contributed by atoms with Gasteiger partial charge < -0.3 is 10.5 Å². The highest BCUT2D eigenvalue weighted by atomic mass is 32.1. The Balaban J connectivity index is 1.94. The van der Waals surface area contributed by atoms with E-state index in [2.05, 4.69) is 0 Å². The summed E-state index contributed by atoms with van der Waals surface area (Å²) in [5, 5.41) is 0. The van der Waals surface area contributed by atoms with E-state index in [0.29, 0.717) is 17.7 Å². The molecule has 15 heavy (non-hydrogen) atoms. The van der Waals surface area contributed by atoms with Crippen molar-refractivity contribution in [2.75, 3.05) is 0 Å². The molecule has 1 saturated carbocycles. The minimum Gasteiger partial charge on any atom is -0.389 e. The van der Waals surface area contributed by atoms with Crippen LogP contribution in [-0.2, 0) is 11.3 Å². The van der Waals surface area contributed by atoms with Crippen LogP contribution < -0.4 is 5.73 Å². The van der Waals surface area contributed by atoms with Crippen LogP contribution in [0.15, 0.2) is 24.3 Å². The van der Waals surface area contributed by atoms with Gasteiger partial charge in [-0.15, -0.1) is 0 Å². The first-order valence-corrected chi connectivity index (χ1v) is 5.67. The smallest absolute Gasteiger partial charge is 0.103 e. The fourth-order valence-electron chi connectivity index (χ4n) is 1.57. The van der Waals surface area contributed by atoms with Gasteiger partial charge in [0.05, 0.1) is 12.7 Å². The van der Waals surface area contributed by atoms with Crippen LogP contribution in [0.5, 0.6) is 0 Å². The Kier molecular flexibility index (Phi) is 3.34. The minimum absolute atomic E-state index is 0.445. The molecule has 2 N–H and O–H groups in total. The summed E-state index contributed by atoms with van der Waals surface area (Å²) in [5.74, 6) is 0. The first kappa shape index (κ1) is 10.6. The molecule has 0 amide bonds. The third kappa shape index (κ3) is 2.76. The van der Waals surface area contributed by atoms with E-state index in [9.17, 15) is 0 Å². The van der Waals surface area contributed by atoms with Crippen molar-refractivity contribution in [1.29, 1.82) is 0 Å². The fourth-order valence-corrected chi connectivity index (χ4v) is 1.69. The Morgan fingerprint density at radius 3 is 2.87 bits per heavy atom. The molecule has 1 aromatic rings. The molecule has 0 heterocycles. The normalized spacial score (nSPS) is 16.0. The average Bonchev–Trinajstić information content (AvgIpc) is 2.16. The molecular formula is C12H15NOS. The van der Waals surface area contributed by atoms with Gasteiger partial charge in [-0.3, -0.25) is 0 Å². The molecule has 1 aromatic carbocycles. The van der Waals surface area contributed by atoms with E-state index in [1.807, 2.05) is 24.3 Å². The lowest BCUT2D eigenvalue weighted by Crippen LogP contribution is -2.21. The summed E-state index contributed by atoms with van der Waals surface area (Å²) < 4.78 is 5.71. The molecular weight excluding hydrogens is 206 g/mol. The first-order chi connectivity index (χ1) is 7.25. The molecule has 1 aliphatic carbocycles. The summed E-state index contributed by atoms with van der Waals surface area (Å²) in [6.07, 6.45) is 4.18. The fraction of sp³-hybridized carbons (Fsp3) is 0.417. The maximum Gasteiger partial charge on any atom is 0.103 e. The van der Waals surface area contributed by atoms with Crippen LogP contribution in [0.2, 0.25) is 0 Å². The Morgan fingerprint density at radius 1 is 1.47 bits per heavy atom. The molecule has 0 aliphatic heterocycles. The molecule has 0 unspecified atom stereocenters. The van der Waals surface area contributed by atoms with Crippen LogP contribution in [0.3, 0.4) is 0 Å². The number of nitrogens with two attached hydrogens (primary N) is 1. The Labute approximate surface area is 95.4 Å². The van der Waals surface area contributed by atoms with E-state index in [-0.39, 0.29) is 0 Å². The highest BCUT2D eigenvalue weighted by Gasteiger charge is 2.17. The zero-order chi connectivity index (χ0) is 10.7. The molecule has 0 atom stereocenters. The molecule has 0 radical (unpaired) electrons. The Morgan fingerprint density at radius 2 is 2.27 bits per heavy atom. The predicted molar refractivity (Wildman–Crippen MR) is 64.8 cm³/mol. The van der Waals surface area contributed by atoms with E-state index >= 15 is 0 Å². The maximum atomic E-state index is 5.71. The zero-order valence-electron chi connectivity index (χ0n) is 8.61. The second kappa shape index (κ2) is 4.73. The third-order valence-electron chi connectivity index (χ3n) is 2.75. The lowest BCUT2D eigenvalue weighted by Gasteiger charge is -2.25. The standard InChI is InChI=1S/C12H15NOS/c13-12(15)10-4-1-3-9(7-10)8-14-11-5-2-6-11/h1,3-4,7,11H,2,5-6,8H2,(H2,13,15). The van der Waals surface area contributed by atoms with Crippen LogP contribution >= 0.6 is 12.2 Å². The van der Waals surface area contributed by atoms with E-state index in [1.54, 1.807) is 0 Å². The lowest BCUT2D eigenvalue weighted by atomic mass is 9.96. The number of benzene rings is 1. The Hall–Kier alpha value is -0.930. The summed E-state index contributed by atoms with van der Waals surface area (Å²) in [6.45, 7) is 0.668. The molecule has 0 bridgehead atoms. The molecule has 0 spiro atoms. The first-order valence-electron chi connectivity index (χ1n) is 5.26. The van der Waals surface area contributed by atoms with Gasteiger partial charge in [0.25, 0.3) is 0 Å². The monoisotopic (exact) mass is 221 g/mol. The summed E-state index contributed by atoms with van der Waals surface area (Å²) in [7, 11) is 0. The second-order valence-electron chi connectivity index (χ2n) is 3.93. The summed E-state index contributed by atoms with van der Waals surface area (Å²) in [6, 6.07) is 7.94. The number of thiocarbonyl (C=S) groups is 1. The van der Waals surface area contributed by atoms with Gasteiger partial charge in [0.15, 0.2) is 0 Å².